The molecule has 0 atom stereocenters. The quantitative estimate of drug-likeness (QED) is 0.546. The molecule has 0 unspecified atom stereocenters. The fourth-order valence-electron chi connectivity index (χ4n) is 3.46. The van der Waals surface area contributed by atoms with Crippen LogP contribution >= 0.6 is 0 Å². The maximum absolute atomic E-state index is 12.4. The van der Waals surface area contributed by atoms with Crippen molar-refractivity contribution < 1.29 is 23.8 Å². The number of hydrogen-bond donors (Lipinski definition) is 1. The number of nitrogens with one attached hydrogen (secondary N) is 1. The highest BCUT2D eigenvalue weighted by atomic mass is 16.5. The van der Waals surface area contributed by atoms with Gasteiger partial charge in [-0.15, -0.1) is 0 Å². The molecule has 1 aliphatic heterocycles. The minimum atomic E-state index is -0.277. The SMILES string of the molecule is CCCOc1ccc(/C=C/C(=O)Nc2ccc(N3CCCC3=O)c(OC)c2)cc1OCC. The first-order chi connectivity index (χ1) is 15.5. The van der Waals surface area contributed by atoms with E-state index >= 15 is 0 Å². The molecular weight excluding hydrogens is 408 g/mol. The molecule has 1 saturated heterocycles. The molecule has 0 saturated carbocycles. The van der Waals surface area contributed by atoms with Gasteiger partial charge >= 0.3 is 0 Å². The van der Waals surface area contributed by atoms with Crippen LogP contribution in [0.1, 0.15) is 38.7 Å². The van der Waals surface area contributed by atoms with E-state index in [2.05, 4.69) is 5.32 Å². The molecule has 1 N–H and O–H groups in total. The lowest BCUT2D eigenvalue weighted by atomic mass is 10.2. The Morgan fingerprint density at radius 2 is 1.94 bits per heavy atom. The smallest absolute Gasteiger partial charge is 0.248 e. The Hall–Kier alpha value is -3.48. The van der Waals surface area contributed by atoms with Crippen LogP contribution in [0.25, 0.3) is 6.08 Å². The van der Waals surface area contributed by atoms with E-state index in [4.69, 9.17) is 14.2 Å². The van der Waals surface area contributed by atoms with Gasteiger partial charge in [0.2, 0.25) is 11.8 Å². The maximum atomic E-state index is 12.4. The van der Waals surface area contributed by atoms with E-state index in [0.717, 1.165) is 24.1 Å². The predicted octanol–water partition coefficient (Wildman–Crippen LogP) is 4.66. The molecule has 2 amide bonds. The summed E-state index contributed by atoms with van der Waals surface area (Å²) in [6.07, 6.45) is 5.47. The highest BCUT2D eigenvalue weighted by Crippen LogP contribution is 2.34. The van der Waals surface area contributed by atoms with Gasteiger partial charge in [0.25, 0.3) is 0 Å². The lowest BCUT2D eigenvalue weighted by Crippen LogP contribution is -2.24. The molecule has 1 heterocycles. The van der Waals surface area contributed by atoms with Crippen molar-refractivity contribution in [2.45, 2.75) is 33.1 Å². The van der Waals surface area contributed by atoms with E-state index in [0.29, 0.717) is 49.1 Å². The van der Waals surface area contributed by atoms with Crippen LogP contribution in [0.3, 0.4) is 0 Å². The first-order valence-corrected chi connectivity index (χ1v) is 10.9. The molecule has 1 fully saturated rings. The largest absolute Gasteiger partial charge is 0.494 e. The molecule has 32 heavy (non-hydrogen) atoms. The second-order valence-electron chi connectivity index (χ2n) is 7.35. The zero-order chi connectivity index (χ0) is 22.9. The average Bonchev–Trinajstić information content (AvgIpc) is 3.22. The normalized spacial score (nSPS) is 13.5. The Morgan fingerprint density at radius 1 is 1.09 bits per heavy atom. The lowest BCUT2D eigenvalue weighted by molar-refractivity contribution is -0.117. The van der Waals surface area contributed by atoms with Gasteiger partial charge < -0.3 is 24.4 Å². The summed E-state index contributed by atoms with van der Waals surface area (Å²) in [5, 5.41) is 2.83. The summed E-state index contributed by atoms with van der Waals surface area (Å²) >= 11 is 0. The summed E-state index contributed by atoms with van der Waals surface area (Å²) in [5.74, 6) is 1.70. The van der Waals surface area contributed by atoms with E-state index in [1.54, 1.807) is 36.3 Å². The monoisotopic (exact) mass is 438 g/mol. The molecule has 0 radical (unpaired) electrons. The van der Waals surface area contributed by atoms with Gasteiger partial charge in [0, 0.05) is 30.8 Å². The Balaban J connectivity index is 1.68. The number of nitrogens with zero attached hydrogens (tertiary/aromatic N) is 1. The zero-order valence-corrected chi connectivity index (χ0v) is 18.8. The van der Waals surface area contributed by atoms with Crippen LogP contribution in [-0.2, 0) is 9.59 Å². The summed E-state index contributed by atoms with van der Waals surface area (Å²) in [6, 6.07) is 10.9. The molecule has 2 aromatic rings. The maximum Gasteiger partial charge on any atom is 0.248 e. The van der Waals surface area contributed by atoms with Crippen LogP contribution < -0.4 is 24.4 Å². The summed E-state index contributed by atoms with van der Waals surface area (Å²) in [4.78, 5) is 26.2. The highest BCUT2D eigenvalue weighted by Gasteiger charge is 2.24. The molecule has 170 valence electrons. The van der Waals surface area contributed by atoms with Crippen LogP contribution in [0.2, 0.25) is 0 Å². The number of hydrogen-bond acceptors (Lipinski definition) is 5. The Bertz CT molecular complexity index is 986. The molecule has 7 heteroatoms. The number of carbonyl (C=O) groups is 2. The third-order valence-corrected chi connectivity index (χ3v) is 4.97. The van der Waals surface area contributed by atoms with Crippen molar-refractivity contribution in [3.8, 4) is 17.2 Å². The van der Waals surface area contributed by atoms with E-state index < -0.39 is 0 Å². The minimum absolute atomic E-state index is 0.0838. The molecule has 1 aliphatic rings. The fourth-order valence-corrected chi connectivity index (χ4v) is 3.46. The number of rotatable bonds is 10. The Morgan fingerprint density at radius 3 is 2.62 bits per heavy atom. The number of methoxy groups -OCH3 is 1. The van der Waals surface area contributed by atoms with Crippen LogP contribution in [0.15, 0.2) is 42.5 Å². The first-order valence-electron chi connectivity index (χ1n) is 10.9. The van der Waals surface area contributed by atoms with Crippen molar-refractivity contribution in [3.05, 3.63) is 48.0 Å². The van der Waals surface area contributed by atoms with Gasteiger partial charge in [0.15, 0.2) is 11.5 Å². The number of ether oxygens (including phenoxy) is 3. The molecular formula is C25H30N2O5. The minimum Gasteiger partial charge on any atom is -0.494 e. The summed E-state index contributed by atoms with van der Waals surface area (Å²) in [7, 11) is 1.55. The summed E-state index contributed by atoms with van der Waals surface area (Å²) in [6.45, 7) is 5.78. The third kappa shape index (κ3) is 5.81. The highest BCUT2D eigenvalue weighted by molar-refractivity contribution is 6.03. The van der Waals surface area contributed by atoms with Gasteiger partial charge in [-0.05, 0) is 55.7 Å². The van der Waals surface area contributed by atoms with Crippen LogP contribution in [0, 0.1) is 0 Å². The van der Waals surface area contributed by atoms with Gasteiger partial charge in [0.1, 0.15) is 5.75 Å². The molecule has 3 rings (SSSR count). The van der Waals surface area contributed by atoms with Gasteiger partial charge in [-0.3, -0.25) is 9.59 Å². The van der Waals surface area contributed by atoms with E-state index in [-0.39, 0.29) is 11.8 Å². The van der Waals surface area contributed by atoms with Crippen molar-refractivity contribution in [3.63, 3.8) is 0 Å². The Labute approximate surface area is 189 Å². The van der Waals surface area contributed by atoms with Crippen LogP contribution in [0.4, 0.5) is 11.4 Å². The lowest BCUT2D eigenvalue weighted by Gasteiger charge is -2.19. The zero-order valence-electron chi connectivity index (χ0n) is 18.8. The molecule has 0 spiro atoms. The summed E-state index contributed by atoms with van der Waals surface area (Å²) < 4.78 is 16.8. The molecule has 0 aromatic heterocycles. The average molecular weight is 439 g/mol. The van der Waals surface area contributed by atoms with Crippen LogP contribution in [-0.4, -0.2) is 38.7 Å². The predicted molar refractivity (Wildman–Crippen MR) is 126 cm³/mol. The van der Waals surface area contributed by atoms with Gasteiger partial charge in [-0.1, -0.05) is 13.0 Å². The van der Waals surface area contributed by atoms with Gasteiger partial charge in [-0.2, -0.15) is 0 Å². The first kappa shape index (κ1) is 23.2. The van der Waals surface area contributed by atoms with E-state index in [9.17, 15) is 9.59 Å². The molecule has 7 nitrogen and oxygen atoms in total. The standard InChI is InChI=1S/C25H30N2O5/c1-4-15-32-21-12-8-18(16-23(21)31-5-2)9-13-24(28)26-19-10-11-20(22(17-19)30-3)27-14-6-7-25(27)29/h8-13,16-17H,4-7,14-15H2,1-3H3,(H,26,28)/b13-9+. The molecule has 0 aliphatic carbocycles. The topological polar surface area (TPSA) is 77.1 Å². The Kier molecular flexibility index (Phi) is 8.14. The molecule has 2 aromatic carbocycles. The second-order valence-corrected chi connectivity index (χ2v) is 7.35. The van der Waals surface area contributed by atoms with Crippen molar-refractivity contribution in [1.29, 1.82) is 0 Å². The van der Waals surface area contributed by atoms with Crippen LogP contribution in [0.5, 0.6) is 17.2 Å². The number of benzene rings is 2. The second kappa shape index (κ2) is 11.2. The van der Waals surface area contributed by atoms with E-state index in [1.165, 1.54) is 6.08 Å². The van der Waals surface area contributed by atoms with Gasteiger partial charge in [-0.25, -0.2) is 0 Å². The number of anilines is 2. The summed E-state index contributed by atoms with van der Waals surface area (Å²) in [5.41, 5.74) is 2.13. The number of amides is 2. The molecule has 0 bridgehead atoms. The van der Waals surface area contributed by atoms with E-state index in [1.807, 2.05) is 32.0 Å². The number of carbonyl (C=O) groups excluding carboxylic acids is 2. The van der Waals surface area contributed by atoms with Crippen molar-refractivity contribution >= 4 is 29.3 Å². The van der Waals surface area contributed by atoms with Gasteiger partial charge in [0.05, 0.1) is 26.0 Å². The van der Waals surface area contributed by atoms with Crippen molar-refractivity contribution in [1.82, 2.24) is 0 Å². The third-order valence-electron chi connectivity index (χ3n) is 4.97. The van der Waals surface area contributed by atoms with Crippen molar-refractivity contribution in [2.24, 2.45) is 0 Å². The van der Waals surface area contributed by atoms with Crippen molar-refractivity contribution in [2.75, 3.05) is 37.1 Å². The fraction of sp³-hybridized carbons (Fsp3) is 0.360.